The van der Waals surface area contributed by atoms with Crippen LogP contribution in [0.5, 0.6) is 11.5 Å². The molecule has 2 rings (SSSR count). The Bertz CT molecular complexity index is 588. The fourth-order valence-electron chi connectivity index (χ4n) is 1.78. The molecule has 0 N–H and O–H groups in total. The van der Waals surface area contributed by atoms with Crippen molar-refractivity contribution in [2.45, 2.75) is 13.3 Å². The average molecular weight is 254 g/mol. The highest BCUT2D eigenvalue weighted by atomic mass is 16.5. The van der Waals surface area contributed by atoms with Crippen LogP contribution in [-0.2, 0) is 0 Å². The van der Waals surface area contributed by atoms with Gasteiger partial charge in [-0.15, -0.1) is 0 Å². The Hall–Kier alpha value is -2.42. The van der Waals surface area contributed by atoms with E-state index in [9.17, 15) is 9.59 Å². The van der Waals surface area contributed by atoms with E-state index in [0.29, 0.717) is 35.3 Å². The summed E-state index contributed by atoms with van der Waals surface area (Å²) in [6.45, 7) is 1.78. The van der Waals surface area contributed by atoms with E-state index >= 15 is 0 Å². The highest BCUT2D eigenvalue weighted by molar-refractivity contribution is 6.01. The molecule has 0 heterocycles. The third kappa shape index (κ3) is 2.88. The van der Waals surface area contributed by atoms with E-state index in [-0.39, 0.29) is 5.78 Å². The number of carbonyl (C=O) groups is 2. The summed E-state index contributed by atoms with van der Waals surface area (Å²) in [5.41, 5.74) is 0.819. The van der Waals surface area contributed by atoms with Crippen LogP contribution in [0.2, 0.25) is 0 Å². The summed E-state index contributed by atoms with van der Waals surface area (Å²) in [5.74, 6) is 0.882. The topological polar surface area (TPSA) is 43.4 Å². The molecule has 0 saturated heterocycles. The van der Waals surface area contributed by atoms with Gasteiger partial charge in [0, 0.05) is 6.42 Å². The van der Waals surface area contributed by atoms with E-state index in [1.165, 1.54) is 0 Å². The Balaban J connectivity index is 2.47. The second-order valence-electron chi connectivity index (χ2n) is 4.03. The molecule has 19 heavy (non-hydrogen) atoms. The molecule has 96 valence electrons. The van der Waals surface area contributed by atoms with Crippen molar-refractivity contribution >= 4 is 12.1 Å². The number of hydrogen-bond donors (Lipinski definition) is 0. The van der Waals surface area contributed by atoms with Crippen LogP contribution >= 0.6 is 0 Å². The molecule has 0 aliphatic heterocycles. The Labute approximate surface area is 111 Å². The van der Waals surface area contributed by atoms with Crippen LogP contribution in [-0.4, -0.2) is 12.1 Å². The molecule has 0 radical (unpaired) electrons. The number of para-hydroxylation sites is 2. The van der Waals surface area contributed by atoms with Gasteiger partial charge < -0.3 is 4.74 Å². The van der Waals surface area contributed by atoms with Crippen molar-refractivity contribution in [3.63, 3.8) is 0 Å². The molecule has 3 heteroatoms. The molecule has 2 aromatic carbocycles. The third-order valence-corrected chi connectivity index (χ3v) is 2.76. The monoisotopic (exact) mass is 254 g/mol. The van der Waals surface area contributed by atoms with Gasteiger partial charge in [-0.2, -0.15) is 0 Å². The van der Waals surface area contributed by atoms with Gasteiger partial charge in [-0.05, 0) is 24.3 Å². The predicted molar refractivity (Wildman–Crippen MR) is 73.0 cm³/mol. The lowest BCUT2D eigenvalue weighted by atomic mass is 10.0. The van der Waals surface area contributed by atoms with Gasteiger partial charge in [-0.25, -0.2) is 0 Å². The number of Topliss-reactive ketones (excluding diaryl/α,β-unsaturated/α-hetero) is 1. The molecular weight excluding hydrogens is 240 g/mol. The van der Waals surface area contributed by atoms with Crippen molar-refractivity contribution in [3.8, 4) is 11.5 Å². The van der Waals surface area contributed by atoms with E-state index in [1.54, 1.807) is 37.3 Å². The molecule has 0 saturated carbocycles. The maximum atomic E-state index is 11.9. The van der Waals surface area contributed by atoms with Crippen LogP contribution in [0.1, 0.15) is 34.1 Å². The Morgan fingerprint density at radius 3 is 2.47 bits per heavy atom. The standard InChI is InChI=1S/C16H14O3/c1-2-15(18)14-10-6-7-12(11-17)16(14)19-13-8-4-3-5-9-13/h3-11H,2H2,1H3. The van der Waals surface area contributed by atoms with Gasteiger partial charge in [0.2, 0.25) is 0 Å². The maximum Gasteiger partial charge on any atom is 0.166 e. The summed E-state index contributed by atoms with van der Waals surface area (Å²) in [6, 6.07) is 14.1. The lowest BCUT2D eigenvalue weighted by molar-refractivity contribution is 0.0986. The lowest BCUT2D eigenvalue weighted by Crippen LogP contribution is -2.02. The summed E-state index contributed by atoms with van der Waals surface area (Å²) in [4.78, 5) is 23.0. The molecule has 0 amide bonds. The van der Waals surface area contributed by atoms with Gasteiger partial charge in [0.1, 0.15) is 11.5 Å². The van der Waals surface area contributed by atoms with Crippen molar-refractivity contribution in [1.29, 1.82) is 0 Å². The Morgan fingerprint density at radius 1 is 1.11 bits per heavy atom. The van der Waals surface area contributed by atoms with E-state index in [0.717, 1.165) is 0 Å². The van der Waals surface area contributed by atoms with Gasteiger partial charge in [-0.3, -0.25) is 9.59 Å². The molecule has 0 aliphatic rings. The van der Waals surface area contributed by atoms with Crippen LogP contribution in [0.25, 0.3) is 0 Å². The molecule has 2 aromatic rings. The maximum absolute atomic E-state index is 11.9. The first-order chi connectivity index (χ1) is 9.26. The van der Waals surface area contributed by atoms with Crippen molar-refractivity contribution in [2.24, 2.45) is 0 Å². The second-order valence-corrected chi connectivity index (χ2v) is 4.03. The minimum atomic E-state index is -0.0466. The van der Waals surface area contributed by atoms with Crippen molar-refractivity contribution < 1.29 is 14.3 Å². The number of ether oxygens (including phenoxy) is 1. The molecule has 0 unspecified atom stereocenters. The second kappa shape index (κ2) is 5.96. The fourth-order valence-corrected chi connectivity index (χ4v) is 1.78. The highest BCUT2D eigenvalue weighted by Gasteiger charge is 2.15. The number of hydrogen-bond acceptors (Lipinski definition) is 3. The molecule has 0 atom stereocenters. The smallest absolute Gasteiger partial charge is 0.166 e. The highest BCUT2D eigenvalue weighted by Crippen LogP contribution is 2.29. The molecule has 0 fully saturated rings. The summed E-state index contributed by atoms with van der Waals surface area (Å²) in [5, 5.41) is 0. The molecule has 3 nitrogen and oxygen atoms in total. The molecule has 0 bridgehead atoms. The minimum absolute atomic E-state index is 0.0466. The number of aldehydes is 1. The lowest BCUT2D eigenvalue weighted by Gasteiger charge is -2.12. The van der Waals surface area contributed by atoms with Crippen molar-refractivity contribution in [3.05, 3.63) is 59.7 Å². The van der Waals surface area contributed by atoms with Gasteiger partial charge in [0.15, 0.2) is 12.1 Å². The Kier molecular flexibility index (Phi) is 4.08. The van der Waals surface area contributed by atoms with Gasteiger partial charge in [0.05, 0.1) is 11.1 Å². The van der Waals surface area contributed by atoms with Gasteiger partial charge in [-0.1, -0.05) is 31.2 Å². The van der Waals surface area contributed by atoms with E-state index in [1.807, 2.05) is 18.2 Å². The molecule has 0 aliphatic carbocycles. The average Bonchev–Trinajstić information content (AvgIpc) is 2.47. The predicted octanol–water partition coefficient (Wildman–Crippen LogP) is 3.88. The van der Waals surface area contributed by atoms with Crippen LogP contribution in [0.4, 0.5) is 0 Å². The summed E-state index contributed by atoms with van der Waals surface area (Å²) in [6.07, 6.45) is 1.07. The quantitative estimate of drug-likeness (QED) is 0.600. The zero-order valence-electron chi connectivity index (χ0n) is 10.6. The third-order valence-electron chi connectivity index (χ3n) is 2.76. The summed E-state index contributed by atoms with van der Waals surface area (Å²) >= 11 is 0. The zero-order chi connectivity index (χ0) is 13.7. The first kappa shape index (κ1) is 13.0. The van der Waals surface area contributed by atoms with Crippen LogP contribution < -0.4 is 4.74 Å². The van der Waals surface area contributed by atoms with Gasteiger partial charge >= 0.3 is 0 Å². The first-order valence-electron chi connectivity index (χ1n) is 6.10. The van der Waals surface area contributed by atoms with E-state index in [2.05, 4.69) is 0 Å². The van der Waals surface area contributed by atoms with Gasteiger partial charge in [0.25, 0.3) is 0 Å². The Morgan fingerprint density at radius 2 is 1.84 bits per heavy atom. The number of rotatable bonds is 5. The summed E-state index contributed by atoms with van der Waals surface area (Å²) in [7, 11) is 0. The van der Waals surface area contributed by atoms with Crippen molar-refractivity contribution in [1.82, 2.24) is 0 Å². The summed E-state index contributed by atoms with van der Waals surface area (Å²) < 4.78 is 5.70. The van der Waals surface area contributed by atoms with E-state index < -0.39 is 0 Å². The zero-order valence-corrected chi connectivity index (χ0v) is 10.6. The molecular formula is C16H14O3. The van der Waals surface area contributed by atoms with Crippen LogP contribution in [0.3, 0.4) is 0 Å². The number of ketones is 1. The van der Waals surface area contributed by atoms with E-state index in [4.69, 9.17) is 4.74 Å². The molecule has 0 spiro atoms. The number of carbonyl (C=O) groups excluding carboxylic acids is 2. The van der Waals surface area contributed by atoms with Crippen molar-refractivity contribution in [2.75, 3.05) is 0 Å². The first-order valence-corrected chi connectivity index (χ1v) is 6.10. The normalized spacial score (nSPS) is 9.95. The fraction of sp³-hybridized carbons (Fsp3) is 0.125. The van der Waals surface area contributed by atoms with Crippen LogP contribution in [0, 0.1) is 0 Å². The largest absolute Gasteiger partial charge is 0.456 e. The SMILES string of the molecule is CCC(=O)c1cccc(C=O)c1Oc1ccccc1. The number of benzene rings is 2. The van der Waals surface area contributed by atoms with Crippen LogP contribution in [0.15, 0.2) is 48.5 Å². The molecule has 0 aromatic heterocycles. The minimum Gasteiger partial charge on any atom is -0.456 e.